The van der Waals surface area contributed by atoms with Crippen LogP contribution in [0.25, 0.3) is 5.52 Å². The number of anilines is 2. The molecule has 176 valence electrons. The molecule has 3 aromatic heterocycles. The highest BCUT2D eigenvalue weighted by Gasteiger charge is 2.44. The highest BCUT2D eigenvalue weighted by Crippen LogP contribution is 2.36. The summed E-state index contributed by atoms with van der Waals surface area (Å²) in [6.45, 7) is 2.20. The molecule has 0 aromatic carbocycles. The molecule has 13 heteroatoms. The van der Waals surface area contributed by atoms with Gasteiger partial charge in [-0.3, -0.25) is 5.10 Å². The summed E-state index contributed by atoms with van der Waals surface area (Å²) in [7, 11) is 1.58. The number of hydrogen-bond donors (Lipinski definition) is 3. The first-order valence-electron chi connectivity index (χ1n) is 10.4. The van der Waals surface area contributed by atoms with E-state index in [0.717, 1.165) is 12.8 Å². The quantitative estimate of drug-likeness (QED) is 0.471. The van der Waals surface area contributed by atoms with Gasteiger partial charge in [-0.1, -0.05) is 11.6 Å². The van der Waals surface area contributed by atoms with E-state index in [0.29, 0.717) is 35.1 Å². The number of carbonyl (C=O) groups excluding carboxylic acids is 1. The Kier molecular flexibility index (Phi) is 5.59. The van der Waals surface area contributed by atoms with Gasteiger partial charge in [0.05, 0.1) is 30.8 Å². The van der Waals surface area contributed by atoms with E-state index in [-0.39, 0.29) is 17.3 Å². The summed E-state index contributed by atoms with van der Waals surface area (Å²) in [6, 6.07) is 3.42. The highest BCUT2D eigenvalue weighted by atomic mass is 35.5. The smallest absolute Gasteiger partial charge is 0.408 e. The SMILES string of the molecule is COCc1cc2c(Nc3cc([C@H]4OC[C@@H](OC(=O)NC5(C)CC5)[C@H]4F)[nH]n3)nc(Cl)cn2n1. The fourth-order valence-electron chi connectivity index (χ4n) is 3.66. The molecule has 0 spiro atoms. The van der Waals surface area contributed by atoms with Gasteiger partial charge in [-0.15, -0.1) is 0 Å². The Labute approximate surface area is 192 Å². The third kappa shape index (κ3) is 4.59. The molecule has 1 saturated carbocycles. The van der Waals surface area contributed by atoms with E-state index in [1.54, 1.807) is 23.9 Å². The number of nitrogens with zero attached hydrogens (tertiary/aromatic N) is 4. The van der Waals surface area contributed by atoms with Crippen molar-refractivity contribution in [1.29, 1.82) is 0 Å². The van der Waals surface area contributed by atoms with Crippen molar-refractivity contribution in [2.75, 3.05) is 19.0 Å². The van der Waals surface area contributed by atoms with Crippen molar-refractivity contribution < 1.29 is 23.4 Å². The van der Waals surface area contributed by atoms with Gasteiger partial charge in [0.2, 0.25) is 0 Å². The first-order valence-corrected chi connectivity index (χ1v) is 10.8. The van der Waals surface area contributed by atoms with Crippen LogP contribution in [0.4, 0.5) is 20.8 Å². The van der Waals surface area contributed by atoms with E-state index in [4.69, 9.17) is 25.8 Å². The normalized spacial score (nSPS) is 23.6. The second kappa shape index (κ2) is 8.43. The minimum Gasteiger partial charge on any atom is -0.441 e. The summed E-state index contributed by atoms with van der Waals surface area (Å²) < 4.78 is 32.5. The van der Waals surface area contributed by atoms with E-state index >= 15 is 0 Å². The molecule has 5 rings (SSSR count). The lowest BCUT2D eigenvalue weighted by molar-refractivity contribution is 0.0604. The number of H-pyrrole nitrogens is 1. The molecule has 2 fully saturated rings. The van der Waals surface area contributed by atoms with Gasteiger partial charge in [0.1, 0.15) is 16.8 Å². The lowest BCUT2D eigenvalue weighted by atomic mass is 10.1. The highest BCUT2D eigenvalue weighted by molar-refractivity contribution is 6.29. The number of rotatable bonds is 7. The number of nitrogens with one attached hydrogen (secondary N) is 3. The topological polar surface area (TPSA) is 128 Å². The lowest BCUT2D eigenvalue weighted by Gasteiger charge is -2.17. The van der Waals surface area contributed by atoms with Crippen LogP contribution in [-0.4, -0.2) is 62.4 Å². The monoisotopic (exact) mass is 479 g/mol. The number of amides is 1. The summed E-state index contributed by atoms with van der Waals surface area (Å²) in [5.41, 5.74) is 1.53. The number of carbonyl (C=O) groups is 1. The van der Waals surface area contributed by atoms with Crippen molar-refractivity contribution in [3.8, 4) is 0 Å². The number of ether oxygens (including phenoxy) is 3. The van der Waals surface area contributed by atoms with Crippen molar-refractivity contribution in [2.45, 2.75) is 50.3 Å². The molecule has 2 aliphatic rings. The summed E-state index contributed by atoms with van der Waals surface area (Å²) in [4.78, 5) is 16.3. The van der Waals surface area contributed by atoms with Gasteiger partial charge >= 0.3 is 6.09 Å². The van der Waals surface area contributed by atoms with Crippen LogP contribution >= 0.6 is 11.6 Å². The Morgan fingerprint density at radius 1 is 1.45 bits per heavy atom. The Morgan fingerprint density at radius 2 is 2.27 bits per heavy atom. The van der Waals surface area contributed by atoms with E-state index in [1.807, 2.05) is 13.0 Å². The van der Waals surface area contributed by atoms with Gasteiger partial charge < -0.3 is 24.8 Å². The van der Waals surface area contributed by atoms with E-state index < -0.39 is 24.5 Å². The summed E-state index contributed by atoms with van der Waals surface area (Å²) in [6.07, 6.45) is -0.778. The number of methoxy groups -OCH3 is 1. The van der Waals surface area contributed by atoms with Gasteiger partial charge in [-0.25, -0.2) is 18.7 Å². The van der Waals surface area contributed by atoms with Gasteiger partial charge in [0.25, 0.3) is 0 Å². The molecule has 0 unspecified atom stereocenters. The number of alkyl carbamates (subject to hydrolysis) is 1. The zero-order valence-electron chi connectivity index (χ0n) is 18.0. The van der Waals surface area contributed by atoms with Gasteiger partial charge in [0.15, 0.2) is 23.9 Å². The van der Waals surface area contributed by atoms with Crippen molar-refractivity contribution in [3.05, 3.63) is 34.9 Å². The molecule has 0 bridgehead atoms. The largest absolute Gasteiger partial charge is 0.441 e. The van der Waals surface area contributed by atoms with Crippen molar-refractivity contribution in [2.24, 2.45) is 0 Å². The number of halogens is 2. The third-order valence-electron chi connectivity index (χ3n) is 5.67. The summed E-state index contributed by atoms with van der Waals surface area (Å²) in [5.74, 6) is 0.807. The predicted octanol–water partition coefficient (Wildman–Crippen LogP) is 3.05. The van der Waals surface area contributed by atoms with Gasteiger partial charge in [0, 0.05) is 18.7 Å². The first-order chi connectivity index (χ1) is 15.8. The van der Waals surface area contributed by atoms with Crippen LogP contribution in [0.2, 0.25) is 5.15 Å². The van der Waals surface area contributed by atoms with Crippen LogP contribution in [0, 0.1) is 0 Å². The van der Waals surface area contributed by atoms with Crippen molar-refractivity contribution in [3.63, 3.8) is 0 Å². The number of fused-ring (bicyclic) bond motifs is 1. The van der Waals surface area contributed by atoms with Crippen molar-refractivity contribution in [1.82, 2.24) is 30.1 Å². The molecule has 3 aromatic rings. The Balaban J connectivity index is 1.27. The second-order valence-electron chi connectivity index (χ2n) is 8.47. The maximum Gasteiger partial charge on any atom is 0.408 e. The van der Waals surface area contributed by atoms with Crippen LogP contribution in [0.15, 0.2) is 18.3 Å². The Bertz CT molecular complexity index is 1180. The minimum absolute atomic E-state index is 0.0493. The number of hydrogen-bond acceptors (Lipinski definition) is 8. The zero-order chi connectivity index (χ0) is 23.2. The molecule has 1 aliphatic carbocycles. The Hall–Kier alpha value is -2.96. The average Bonchev–Trinajstić information content (AvgIpc) is 3.11. The van der Waals surface area contributed by atoms with Crippen LogP contribution in [0.3, 0.4) is 0 Å². The van der Waals surface area contributed by atoms with E-state index in [1.165, 1.54) is 0 Å². The molecule has 1 amide bonds. The molecule has 0 radical (unpaired) electrons. The fraction of sp³-hybridized carbons (Fsp3) is 0.500. The van der Waals surface area contributed by atoms with E-state index in [2.05, 4.69) is 30.9 Å². The van der Waals surface area contributed by atoms with E-state index in [9.17, 15) is 9.18 Å². The molecular formula is C20H23ClFN7O4. The zero-order valence-corrected chi connectivity index (χ0v) is 18.7. The summed E-state index contributed by atoms with van der Waals surface area (Å²) in [5, 5.41) is 17.4. The van der Waals surface area contributed by atoms with Crippen LogP contribution in [-0.2, 0) is 20.8 Å². The molecule has 1 saturated heterocycles. The molecule has 3 atom stereocenters. The van der Waals surface area contributed by atoms with Gasteiger partial charge in [-0.05, 0) is 25.8 Å². The first kappa shape index (κ1) is 21.9. The van der Waals surface area contributed by atoms with Crippen LogP contribution in [0.5, 0.6) is 0 Å². The number of aromatic amines is 1. The lowest BCUT2D eigenvalue weighted by Crippen LogP contribution is -2.39. The predicted molar refractivity (Wildman–Crippen MR) is 115 cm³/mol. The molecule has 1 aliphatic heterocycles. The molecule has 33 heavy (non-hydrogen) atoms. The fourth-order valence-corrected chi connectivity index (χ4v) is 3.83. The molecule has 3 N–H and O–H groups in total. The van der Waals surface area contributed by atoms with Crippen LogP contribution < -0.4 is 10.6 Å². The molecule has 4 heterocycles. The molecular weight excluding hydrogens is 457 g/mol. The standard InChI is InChI=1S/C20H23ClFN7O4/c1-20(3-4-20)25-19(30)33-13-9-32-17(16(13)22)11-6-15(27-26-11)24-18-12-5-10(8-31-2)28-29(12)7-14(21)23-18/h5-7,13,16-17H,3-4,8-9H2,1-2H3,(H,25,30)(H2,23,24,26,27)/t13-,16-,17-/m1/s1. The average molecular weight is 480 g/mol. The minimum atomic E-state index is -1.54. The third-order valence-corrected chi connectivity index (χ3v) is 5.85. The van der Waals surface area contributed by atoms with Gasteiger partial charge in [-0.2, -0.15) is 10.2 Å². The second-order valence-corrected chi connectivity index (χ2v) is 8.86. The number of alkyl halides is 1. The maximum atomic E-state index is 15.0. The van der Waals surface area contributed by atoms with Crippen LogP contribution in [0.1, 0.15) is 37.3 Å². The Morgan fingerprint density at radius 3 is 3.03 bits per heavy atom. The maximum absolute atomic E-state index is 15.0. The number of aromatic nitrogens is 5. The van der Waals surface area contributed by atoms with Crippen molar-refractivity contribution >= 4 is 34.8 Å². The molecule has 11 nitrogen and oxygen atoms in total. The summed E-state index contributed by atoms with van der Waals surface area (Å²) >= 11 is 6.12.